The monoisotopic (exact) mass is 513 g/mol. The van der Waals surface area contributed by atoms with Gasteiger partial charge in [-0.15, -0.1) is 0 Å². The zero-order chi connectivity index (χ0) is 24.8. The molecule has 0 bridgehead atoms. The zero-order valence-corrected chi connectivity index (χ0v) is 21.4. The lowest BCUT2D eigenvalue weighted by atomic mass is 10.1. The van der Waals surface area contributed by atoms with Crippen LogP contribution < -0.4 is 9.62 Å². The van der Waals surface area contributed by atoms with Crippen molar-refractivity contribution in [2.75, 3.05) is 23.7 Å². The topological polar surface area (TPSA) is 86.8 Å². The van der Waals surface area contributed by atoms with E-state index in [1.165, 1.54) is 4.90 Å². The highest BCUT2D eigenvalue weighted by atomic mass is 35.5. The van der Waals surface area contributed by atoms with Crippen molar-refractivity contribution >= 4 is 50.7 Å². The molecule has 0 heterocycles. The predicted octanol–water partition coefficient (Wildman–Crippen LogP) is 3.95. The molecule has 33 heavy (non-hydrogen) atoms. The Morgan fingerprint density at radius 2 is 1.55 bits per heavy atom. The van der Waals surface area contributed by atoms with Crippen molar-refractivity contribution in [2.24, 2.45) is 5.92 Å². The van der Waals surface area contributed by atoms with Gasteiger partial charge in [-0.05, 0) is 37.1 Å². The summed E-state index contributed by atoms with van der Waals surface area (Å²) in [6, 6.07) is 12.4. The second-order valence-corrected chi connectivity index (χ2v) is 10.9. The average Bonchev–Trinajstić information content (AvgIpc) is 2.74. The number of hydrogen-bond donors (Lipinski definition) is 1. The lowest BCUT2D eigenvalue weighted by Crippen LogP contribution is -2.51. The van der Waals surface area contributed by atoms with E-state index >= 15 is 0 Å². The van der Waals surface area contributed by atoms with Crippen LogP contribution in [0.3, 0.4) is 0 Å². The average molecular weight is 514 g/mol. The Morgan fingerprint density at radius 3 is 2.06 bits per heavy atom. The van der Waals surface area contributed by atoms with Crippen molar-refractivity contribution < 1.29 is 18.0 Å². The third-order valence-corrected chi connectivity index (χ3v) is 6.81. The molecular formula is C23H29Cl2N3O4S. The molecule has 0 radical (unpaired) electrons. The fourth-order valence-electron chi connectivity index (χ4n) is 3.10. The molecule has 2 rings (SSSR count). The molecule has 1 atom stereocenters. The van der Waals surface area contributed by atoms with Crippen LogP contribution in [0.1, 0.15) is 26.3 Å². The fourth-order valence-corrected chi connectivity index (χ4v) is 4.46. The number of rotatable bonds is 10. The first-order chi connectivity index (χ1) is 15.4. The van der Waals surface area contributed by atoms with Crippen LogP contribution in [0.2, 0.25) is 10.0 Å². The van der Waals surface area contributed by atoms with E-state index < -0.39 is 28.5 Å². The van der Waals surface area contributed by atoms with Gasteiger partial charge >= 0.3 is 0 Å². The van der Waals surface area contributed by atoms with Gasteiger partial charge in [-0.2, -0.15) is 0 Å². The summed E-state index contributed by atoms with van der Waals surface area (Å²) in [5, 5.41) is 3.51. The minimum Gasteiger partial charge on any atom is -0.354 e. The standard InChI is InChI=1S/C23H29Cl2N3O4S/c1-16(2)13-26-23(30)17(3)27(14-19-20(24)11-8-12-21(19)25)22(29)15-28(33(4,31)32)18-9-6-5-7-10-18/h5-12,16-17H,13-15H2,1-4H3,(H,26,30)/t17-/m1/s1. The molecule has 2 amide bonds. The molecule has 0 saturated carbocycles. The van der Waals surface area contributed by atoms with Crippen LogP contribution in [0, 0.1) is 5.92 Å². The largest absolute Gasteiger partial charge is 0.354 e. The molecule has 0 saturated heterocycles. The number of carbonyl (C=O) groups is 2. The summed E-state index contributed by atoms with van der Waals surface area (Å²) in [5.74, 6) is -0.694. The number of halogens is 2. The number of hydrogen-bond acceptors (Lipinski definition) is 4. The number of para-hydroxylation sites is 1. The molecule has 180 valence electrons. The van der Waals surface area contributed by atoms with Gasteiger partial charge in [0.2, 0.25) is 21.8 Å². The molecule has 0 aliphatic heterocycles. The quantitative estimate of drug-likeness (QED) is 0.520. The normalized spacial score (nSPS) is 12.3. The van der Waals surface area contributed by atoms with E-state index in [2.05, 4.69) is 5.32 Å². The predicted molar refractivity (Wildman–Crippen MR) is 133 cm³/mol. The van der Waals surface area contributed by atoms with Crippen LogP contribution in [0.5, 0.6) is 0 Å². The van der Waals surface area contributed by atoms with Crippen LogP contribution in [0.4, 0.5) is 5.69 Å². The molecule has 0 aliphatic rings. The number of carbonyl (C=O) groups excluding carboxylic acids is 2. The van der Waals surface area contributed by atoms with Gasteiger partial charge < -0.3 is 10.2 Å². The van der Waals surface area contributed by atoms with Crippen LogP contribution in [0.25, 0.3) is 0 Å². The van der Waals surface area contributed by atoms with Crippen LogP contribution in [-0.2, 0) is 26.2 Å². The first kappa shape index (κ1) is 27.0. The van der Waals surface area contributed by atoms with Gasteiger partial charge in [-0.25, -0.2) is 8.42 Å². The van der Waals surface area contributed by atoms with E-state index in [0.717, 1.165) is 10.6 Å². The van der Waals surface area contributed by atoms with Gasteiger partial charge in [0.15, 0.2) is 0 Å². The minimum atomic E-state index is -3.77. The van der Waals surface area contributed by atoms with Crippen LogP contribution in [0.15, 0.2) is 48.5 Å². The van der Waals surface area contributed by atoms with Crippen molar-refractivity contribution in [1.82, 2.24) is 10.2 Å². The molecular weight excluding hydrogens is 485 g/mol. The third-order valence-electron chi connectivity index (χ3n) is 4.97. The van der Waals surface area contributed by atoms with Crippen molar-refractivity contribution in [3.63, 3.8) is 0 Å². The Hall–Kier alpha value is -2.29. The second-order valence-electron chi connectivity index (χ2n) is 8.14. The summed E-state index contributed by atoms with van der Waals surface area (Å²) < 4.78 is 26.0. The molecule has 7 nitrogen and oxygen atoms in total. The Labute approximate surface area is 205 Å². The highest BCUT2D eigenvalue weighted by Gasteiger charge is 2.30. The number of anilines is 1. The number of nitrogens with one attached hydrogen (secondary N) is 1. The summed E-state index contributed by atoms with van der Waals surface area (Å²) in [6.45, 7) is 5.41. The van der Waals surface area contributed by atoms with Gasteiger partial charge in [0.25, 0.3) is 0 Å². The van der Waals surface area contributed by atoms with Crippen molar-refractivity contribution in [1.29, 1.82) is 0 Å². The molecule has 0 spiro atoms. The summed E-state index contributed by atoms with van der Waals surface area (Å²) in [6.07, 6.45) is 1.03. The smallest absolute Gasteiger partial charge is 0.244 e. The first-order valence-corrected chi connectivity index (χ1v) is 13.0. The van der Waals surface area contributed by atoms with E-state index in [0.29, 0.717) is 27.8 Å². The molecule has 0 fully saturated rings. The van der Waals surface area contributed by atoms with E-state index in [1.54, 1.807) is 55.5 Å². The maximum absolute atomic E-state index is 13.4. The Kier molecular flexibility index (Phi) is 9.57. The second kappa shape index (κ2) is 11.7. The van der Waals surface area contributed by atoms with Crippen LogP contribution >= 0.6 is 23.2 Å². The van der Waals surface area contributed by atoms with Gasteiger partial charge in [0.1, 0.15) is 12.6 Å². The van der Waals surface area contributed by atoms with Crippen molar-refractivity contribution in [3.8, 4) is 0 Å². The highest BCUT2D eigenvalue weighted by molar-refractivity contribution is 7.92. The van der Waals surface area contributed by atoms with E-state index in [-0.39, 0.29) is 18.4 Å². The number of sulfonamides is 1. The van der Waals surface area contributed by atoms with Gasteiger partial charge in [0, 0.05) is 28.7 Å². The summed E-state index contributed by atoms with van der Waals surface area (Å²) >= 11 is 12.6. The third kappa shape index (κ3) is 7.62. The SMILES string of the molecule is CC(C)CNC(=O)[C@@H](C)N(Cc1c(Cl)cccc1Cl)C(=O)CN(c1ccccc1)S(C)(=O)=O. The Morgan fingerprint density at radius 1 is 0.970 bits per heavy atom. The number of amides is 2. The molecule has 10 heteroatoms. The fraction of sp³-hybridized carbons (Fsp3) is 0.391. The maximum Gasteiger partial charge on any atom is 0.244 e. The summed E-state index contributed by atoms with van der Waals surface area (Å²) in [4.78, 5) is 27.5. The van der Waals surface area contributed by atoms with E-state index in [1.807, 2.05) is 13.8 Å². The Balaban J connectivity index is 2.40. The Bertz CT molecular complexity index is 1060. The molecule has 1 N–H and O–H groups in total. The molecule has 0 aliphatic carbocycles. The van der Waals surface area contributed by atoms with Gasteiger partial charge in [0.05, 0.1) is 11.9 Å². The highest BCUT2D eigenvalue weighted by Crippen LogP contribution is 2.27. The van der Waals surface area contributed by atoms with Gasteiger partial charge in [-0.3, -0.25) is 13.9 Å². The molecule has 2 aromatic rings. The van der Waals surface area contributed by atoms with E-state index in [4.69, 9.17) is 23.2 Å². The maximum atomic E-state index is 13.4. The van der Waals surface area contributed by atoms with Crippen molar-refractivity contribution in [2.45, 2.75) is 33.4 Å². The zero-order valence-electron chi connectivity index (χ0n) is 19.1. The van der Waals surface area contributed by atoms with E-state index in [9.17, 15) is 18.0 Å². The van der Waals surface area contributed by atoms with Crippen molar-refractivity contribution in [3.05, 3.63) is 64.1 Å². The molecule has 0 aromatic heterocycles. The first-order valence-electron chi connectivity index (χ1n) is 10.4. The molecule has 0 unspecified atom stereocenters. The summed E-state index contributed by atoms with van der Waals surface area (Å²) in [7, 11) is -3.77. The van der Waals surface area contributed by atoms with Gasteiger partial charge in [-0.1, -0.05) is 61.3 Å². The number of benzene rings is 2. The molecule has 2 aromatic carbocycles. The lowest BCUT2D eigenvalue weighted by Gasteiger charge is -2.32. The van der Waals surface area contributed by atoms with Crippen LogP contribution in [-0.4, -0.2) is 50.5 Å². The number of nitrogens with zero attached hydrogens (tertiary/aromatic N) is 2. The summed E-state index contributed by atoms with van der Waals surface area (Å²) in [5.41, 5.74) is 0.823. The lowest BCUT2D eigenvalue weighted by molar-refractivity contribution is -0.139. The minimum absolute atomic E-state index is 0.0556.